The maximum absolute atomic E-state index is 4.66. The summed E-state index contributed by atoms with van der Waals surface area (Å²) < 4.78 is 0. The van der Waals surface area contributed by atoms with Crippen LogP contribution in [-0.2, 0) is 0 Å². The summed E-state index contributed by atoms with van der Waals surface area (Å²) in [7, 11) is 0. The Morgan fingerprint density at radius 1 is 1.25 bits per heavy atom. The summed E-state index contributed by atoms with van der Waals surface area (Å²) >= 11 is 0. The lowest BCUT2D eigenvalue weighted by Gasteiger charge is -2.31. The van der Waals surface area contributed by atoms with E-state index in [1.54, 1.807) is 0 Å². The van der Waals surface area contributed by atoms with Gasteiger partial charge in [0, 0.05) is 18.8 Å². The molecule has 4 nitrogen and oxygen atoms in total. The van der Waals surface area contributed by atoms with Crippen LogP contribution in [0.4, 0.5) is 5.82 Å². The Labute approximate surface area is 119 Å². The van der Waals surface area contributed by atoms with Gasteiger partial charge in [-0.1, -0.05) is 19.9 Å². The van der Waals surface area contributed by atoms with Gasteiger partial charge in [0.15, 0.2) is 0 Å². The third-order valence-corrected chi connectivity index (χ3v) is 3.70. The zero-order chi connectivity index (χ0) is 14.3. The number of rotatable bonds is 3. The van der Waals surface area contributed by atoms with Crippen LogP contribution in [0.3, 0.4) is 0 Å². The van der Waals surface area contributed by atoms with Gasteiger partial charge >= 0.3 is 0 Å². The van der Waals surface area contributed by atoms with Crippen LogP contribution in [0, 0.1) is 13.8 Å². The fourth-order valence-corrected chi connectivity index (χ4v) is 2.77. The van der Waals surface area contributed by atoms with Crippen LogP contribution in [0.15, 0.2) is 12.6 Å². The average molecular weight is 268 g/mol. The highest BCUT2D eigenvalue weighted by atomic mass is 15.2. The minimum absolute atomic E-state index is 0.814. The van der Waals surface area contributed by atoms with Crippen molar-refractivity contribution in [2.24, 2.45) is 0 Å². The molecule has 0 saturated carbocycles. The monoisotopic (exact) mass is 268 g/mol. The summed E-state index contributed by atoms with van der Waals surface area (Å²) in [4.78, 5) is 16.2. The van der Waals surface area contributed by atoms with E-state index >= 15 is 0 Å². The Balaban J connectivity index is 2.25. The van der Waals surface area contributed by atoms with Crippen molar-refractivity contribution in [1.29, 1.82) is 0 Å². The molecule has 20 heavy (non-hydrogen) atoms. The number of aromatic nitrogens is 3. The lowest BCUT2D eigenvalue weighted by molar-refractivity contribution is 0.737. The molecule has 0 unspecified atom stereocenters. The molecule has 0 atom stereocenters. The molecule has 1 aliphatic rings. The van der Waals surface area contributed by atoms with E-state index in [1.807, 2.05) is 19.9 Å². The Hall–Kier alpha value is -1.97. The number of anilines is 1. The summed E-state index contributed by atoms with van der Waals surface area (Å²) in [6.45, 7) is 12.2. The predicted octanol–water partition coefficient (Wildman–Crippen LogP) is 3.27. The van der Waals surface area contributed by atoms with E-state index in [9.17, 15) is 0 Å². The number of hydrogen-bond acceptors (Lipinski definition) is 4. The Bertz CT molecular complexity index is 685. The van der Waals surface area contributed by atoms with Crippen LogP contribution < -0.4 is 4.90 Å². The minimum Gasteiger partial charge on any atom is -0.352 e. The summed E-state index contributed by atoms with van der Waals surface area (Å²) in [5.41, 5.74) is 4.01. The van der Waals surface area contributed by atoms with Gasteiger partial charge in [0.2, 0.25) is 0 Å². The molecule has 0 bridgehead atoms. The van der Waals surface area contributed by atoms with Crippen LogP contribution in [0.25, 0.3) is 16.5 Å². The van der Waals surface area contributed by atoms with Crippen molar-refractivity contribution in [2.45, 2.75) is 33.6 Å². The minimum atomic E-state index is 0.814. The zero-order valence-electron chi connectivity index (χ0n) is 12.4. The van der Waals surface area contributed by atoms with Gasteiger partial charge in [0.05, 0.1) is 16.6 Å². The van der Waals surface area contributed by atoms with Gasteiger partial charge in [-0.15, -0.1) is 0 Å². The molecule has 104 valence electrons. The molecular weight excluding hydrogens is 248 g/mol. The van der Waals surface area contributed by atoms with Gasteiger partial charge < -0.3 is 4.90 Å². The van der Waals surface area contributed by atoms with Gasteiger partial charge in [0.25, 0.3) is 0 Å². The SMILES string of the molecule is C=C1CN(CCCC)c2nc(C)nc3cc(C)nc1c23. The lowest BCUT2D eigenvalue weighted by atomic mass is 10.0. The first-order valence-electron chi connectivity index (χ1n) is 7.19. The zero-order valence-corrected chi connectivity index (χ0v) is 12.4. The third-order valence-electron chi connectivity index (χ3n) is 3.70. The van der Waals surface area contributed by atoms with Gasteiger partial charge in [-0.3, -0.25) is 4.98 Å². The second kappa shape index (κ2) is 4.85. The van der Waals surface area contributed by atoms with E-state index in [0.29, 0.717) is 0 Å². The molecule has 0 aliphatic carbocycles. The first kappa shape index (κ1) is 13.0. The van der Waals surface area contributed by atoms with Crippen LogP contribution in [-0.4, -0.2) is 28.0 Å². The Morgan fingerprint density at radius 3 is 2.80 bits per heavy atom. The van der Waals surface area contributed by atoms with Crippen LogP contribution >= 0.6 is 0 Å². The van der Waals surface area contributed by atoms with E-state index < -0.39 is 0 Å². The van der Waals surface area contributed by atoms with Crippen molar-refractivity contribution in [3.63, 3.8) is 0 Å². The van der Waals surface area contributed by atoms with E-state index in [4.69, 9.17) is 0 Å². The number of pyridine rings is 1. The van der Waals surface area contributed by atoms with E-state index in [-0.39, 0.29) is 0 Å². The Kier molecular flexibility index (Phi) is 3.16. The first-order valence-corrected chi connectivity index (χ1v) is 7.19. The molecule has 1 aliphatic heterocycles. The van der Waals surface area contributed by atoms with Crippen molar-refractivity contribution < 1.29 is 0 Å². The molecule has 2 aromatic heterocycles. The number of hydrogen-bond donors (Lipinski definition) is 0. The maximum Gasteiger partial charge on any atom is 0.142 e. The van der Waals surface area contributed by atoms with E-state index in [2.05, 4.69) is 33.4 Å². The van der Waals surface area contributed by atoms with Crippen LogP contribution in [0.1, 0.15) is 37.0 Å². The second-order valence-electron chi connectivity index (χ2n) is 5.48. The summed E-state index contributed by atoms with van der Waals surface area (Å²) in [6, 6.07) is 2.04. The second-order valence-corrected chi connectivity index (χ2v) is 5.48. The third kappa shape index (κ3) is 2.05. The van der Waals surface area contributed by atoms with Gasteiger partial charge in [0.1, 0.15) is 11.6 Å². The summed E-state index contributed by atoms with van der Waals surface area (Å²) in [5.74, 6) is 1.84. The van der Waals surface area contributed by atoms with Crippen molar-refractivity contribution in [3.05, 3.63) is 29.9 Å². The first-order chi connectivity index (χ1) is 9.60. The topological polar surface area (TPSA) is 41.9 Å². The molecule has 3 heterocycles. The largest absolute Gasteiger partial charge is 0.352 e. The standard InChI is InChI=1S/C16H20N4/c1-5-6-7-20-9-10(2)15-14-13(8-11(3)17-15)18-12(4)19-16(14)20/h8H,2,5-7,9H2,1,3-4H3. The molecule has 3 rings (SSSR count). The highest BCUT2D eigenvalue weighted by molar-refractivity contribution is 6.01. The van der Waals surface area contributed by atoms with Gasteiger partial charge in [-0.25, -0.2) is 9.97 Å². The molecule has 0 amide bonds. The molecule has 0 aromatic carbocycles. The number of nitrogens with zero attached hydrogens (tertiary/aromatic N) is 4. The molecular formula is C16H20N4. The van der Waals surface area contributed by atoms with E-state index in [0.717, 1.165) is 59.0 Å². The molecule has 0 N–H and O–H groups in total. The quantitative estimate of drug-likeness (QED) is 0.856. The highest BCUT2D eigenvalue weighted by Gasteiger charge is 2.24. The fourth-order valence-electron chi connectivity index (χ4n) is 2.77. The molecule has 0 fully saturated rings. The number of unbranched alkanes of at least 4 members (excludes halogenated alkanes) is 1. The van der Waals surface area contributed by atoms with Gasteiger partial charge in [-0.05, 0) is 31.9 Å². The lowest BCUT2D eigenvalue weighted by Crippen LogP contribution is -2.31. The predicted molar refractivity (Wildman–Crippen MR) is 83.0 cm³/mol. The normalized spacial score (nSPS) is 14.2. The fraction of sp³-hybridized carbons (Fsp3) is 0.438. The molecule has 0 radical (unpaired) electrons. The Morgan fingerprint density at radius 2 is 2.05 bits per heavy atom. The van der Waals surface area contributed by atoms with E-state index in [1.165, 1.54) is 6.42 Å². The number of aryl methyl sites for hydroxylation is 2. The average Bonchev–Trinajstić information content (AvgIpc) is 2.39. The molecule has 0 saturated heterocycles. The molecule has 2 aromatic rings. The van der Waals surface area contributed by atoms with Crippen molar-refractivity contribution >= 4 is 22.3 Å². The van der Waals surface area contributed by atoms with Crippen molar-refractivity contribution in [2.75, 3.05) is 18.0 Å². The van der Waals surface area contributed by atoms with Crippen LogP contribution in [0.5, 0.6) is 0 Å². The smallest absolute Gasteiger partial charge is 0.142 e. The maximum atomic E-state index is 4.66. The van der Waals surface area contributed by atoms with Gasteiger partial charge in [-0.2, -0.15) is 0 Å². The van der Waals surface area contributed by atoms with Crippen LogP contribution in [0.2, 0.25) is 0 Å². The van der Waals surface area contributed by atoms with Crippen molar-refractivity contribution in [1.82, 2.24) is 15.0 Å². The van der Waals surface area contributed by atoms with Crippen molar-refractivity contribution in [3.8, 4) is 0 Å². The molecule has 0 spiro atoms. The summed E-state index contributed by atoms with van der Waals surface area (Å²) in [6.07, 6.45) is 2.33. The molecule has 4 heteroatoms. The highest BCUT2D eigenvalue weighted by Crippen LogP contribution is 2.35. The summed E-state index contributed by atoms with van der Waals surface area (Å²) in [5, 5.41) is 1.06.